The standard InChI is InChI=1S/C20H20BBrF2N2/c1-11-6-16(10-17(22)7-11)18-19-12(2)8-14(4)25(19)21(23,24)26-15(5)9-13(3)20(18)26/h6-10H,1-5H3. The molecule has 2 aliphatic rings. The first-order valence-electron chi connectivity index (χ1n) is 8.67. The molecular weight excluding hydrogens is 397 g/mol. The van der Waals surface area contributed by atoms with Crippen LogP contribution in [0.3, 0.4) is 0 Å². The summed E-state index contributed by atoms with van der Waals surface area (Å²) < 4.78 is 34.5. The number of aryl methyl sites for hydroxylation is 3. The van der Waals surface area contributed by atoms with Crippen LogP contribution in [0.15, 0.2) is 46.1 Å². The van der Waals surface area contributed by atoms with E-state index in [2.05, 4.69) is 22.0 Å². The zero-order chi connectivity index (χ0) is 19.0. The van der Waals surface area contributed by atoms with Gasteiger partial charge in [0.05, 0.1) is 5.57 Å². The van der Waals surface area contributed by atoms with Crippen LogP contribution in [0.1, 0.15) is 41.9 Å². The second kappa shape index (κ2) is 5.52. The molecule has 2 aliphatic heterocycles. The van der Waals surface area contributed by atoms with Crippen LogP contribution in [0.2, 0.25) is 0 Å². The molecule has 0 saturated carbocycles. The largest absolute Gasteiger partial charge is 0.737 e. The summed E-state index contributed by atoms with van der Waals surface area (Å²) in [5, 5.41) is 0. The van der Waals surface area contributed by atoms with Gasteiger partial charge in [-0.1, -0.05) is 22.0 Å². The molecule has 1 aromatic carbocycles. The summed E-state index contributed by atoms with van der Waals surface area (Å²) in [4.78, 5) is 0. The van der Waals surface area contributed by atoms with Crippen molar-refractivity contribution in [3.8, 4) is 0 Å². The van der Waals surface area contributed by atoms with E-state index in [0.717, 1.165) is 32.3 Å². The molecule has 0 radical (unpaired) electrons. The molecule has 0 N–H and O–H groups in total. The van der Waals surface area contributed by atoms with E-state index in [0.29, 0.717) is 22.8 Å². The quantitative estimate of drug-likeness (QED) is 0.534. The van der Waals surface area contributed by atoms with E-state index < -0.39 is 6.97 Å². The van der Waals surface area contributed by atoms with E-state index in [4.69, 9.17) is 0 Å². The van der Waals surface area contributed by atoms with Crippen LogP contribution in [0.4, 0.5) is 8.63 Å². The molecule has 134 valence electrons. The highest BCUT2D eigenvalue weighted by Crippen LogP contribution is 2.44. The van der Waals surface area contributed by atoms with Gasteiger partial charge in [-0.05, 0) is 68.3 Å². The third kappa shape index (κ3) is 2.24. The number of benzene rings is 1. The predicted molar refractivity (Wildman–Crippen MR) is 107 cm³/mol. The maximum Gasteiger partial charge on any atom is 0.737 e. The fourth-order valence-electron chi connectivity index (χ4n) is 4.45. The average Bonchev–Trinajstić information content (AvgIpc) is 2.96. The summed E-state index contributed by atoms with van der Waals surface area (Å²) in [6.45, 7) is 5.44. The lowest BCUT2D eigenvalue weighted by Gasteiger charge is -2.34. The number of halogens is 3. The van der Waals surface area contributed by atoms with Gasteiger partial charge in [0, 0.05) is 28.7 Å². The summed E-state index contributed by atoms with van der Waals surface area (Å²) in [6, 6.07) is 7.96. The van der Waals surface area contributed by atoms with Crippen molar-refractivity contribution in [3.63, 3.8) is 0 Å². The Bertz CT molecular complexity index is 1050. The highest BCUT2D eigenvalue weighted by Gasteiger charge is 2.55. The number of rotatable bonds is 1. The van der Waals surface area contributed by atoms with Gasteiger partial charge in [0.2, 0.25) is 0 Å². The van der Waals surface area contributed by atoms with Gasteiger partial charge in [-0.25, -0.2) is 0 Å². The number of fused-ring (bicyclic) bond motifs is 2. The lowest BCUT2D eigenvalue weighted by atomic mass is 9.83. The molecule has 26 heavy (non-hydrogen) atoms. The van der Waals surface area contributed by atoms with Gasteiger partial charge >= 0.3 is 6.97 Å². The first-order chi connectivity index (χ1) is 12.1. The van der Waals surface area contributed by atoms with Crippen molar-refractivity contribution in [2.24, 2.45) is 0 Å². The van der Waals surface area contributed by atoms with Crippen molar-refractivity contribution in [2.75, 3.05) is 0 Å². The van der Waals surface area contributed by atoms with Gasteiger partial charge in [-0.3, -0.25) is 0 Å². The molecule has 0 aliphatic carbocycles. The maximum absolute atomic E-state index is 15.6. The first kappa shape index (κ1) is 17.5. The zero-order valence-corrected chi connectivity index (χ0v) is 17.1. The van der Waals surface area contributed by atoms with Crippen molar-refractivity contribution < 1.29 is 13.1 Å². The molecule has 0 saturated heterocycles. The second-order valence-electron chi connectivity index (χ2n) is 7.36. The summed E-state index contributed by atoms with van der Waals surface area (Å²) in [6.07, 6.45) is 1.85. The molecule has 2 nitrogen and oxygen atoms in total. The minimum absolute atomic E-state index is 0.586. The molecule has 0 spiro atoms. The fraction of sp³-hybridized carbons (Fsp3) is 0.250. The Morgan fingerprint density at radius 2 is 1.69 bits per heavy atom. The Morgan fingerprint density at radius 1 is 1.00 bits per heavy atom. The lowest BCUT2D eigenvalue weighted by molar-refractivity contribution is -0.363. The van der Waals surface area contributed by atoms with Crippen LogP contribution in [-0.2, 0) is 0 Å². The SMILES string of the molecule is CC1=CC(C)=[N+]2C1=C(c1cc(C)cc(Br)c1)c1c(C)cc(C)n1[B-]2(F)F. The van der Waals surface area contributed by atoms with Gasteiger partial charge in [0.1, 0.15) is 5.71 Å². The van der Waals surface area contributed by atoms with Gasteiger partial charge in [-0.15, -0.1) is 0 Å². The van der Waals surface area contributed by atoms with Crippen LogP contribution in [-0.4, -0.2) is 21.6 Å². The van der Waals surface area contributed by atoms with Crippen molar-refractivity contribution >= 4 is 34.2 Å². The van der Waals surface area contributed by atoms with E-state index >= 15 is 8.63 Å². The average molecular weight is 417 g/mol. The van der Waals surface area contributed by atoms with E-state index in [1.54, 1.807) is 13.8 Å². The van der Waals surface area contributed by atoms with Crippen molar-refractivity contribution in [1.82, 2.24) is 4.48 Å². The molecule has 3 heterocycles. The van der Waals surface area contributed by atoms with Crippen molar-refractivity contribution in [2.45, 2.75) is 34.6 Å². The number of hydrogen-bond donors (Lipinski definition) is 0. The Kier molecular flexibility index (Phi) is 3.71. The van der Waals surface area contributed by atoms with Crippen LogP contribution in [0.25, 0.3) is 5.57 Å². The molecule has 0 fully saturated rings. The van der Waals surface area contributed by atoms with Crippen molar-refractivity contribution in [1.29, 1.82) is 0 Å². The summed E-state index contributed by atoms with van der Waals surface area (Å²) in [5.74, 6) is 0. The highest BCUT2D eigenvalue weighted by atomic mass is 79.9. The van der Waals surface area contributed by atoms with Gasteiger partial charge < -0.3 is 17.6 Å². The Balaban J connectivity index is 2.19. The molecule has 0 bridgehead atoms. The van der Waals surface area contributed by atoms with Crippen LogP contribution in [0, 0.1) is 20.8 Å². The topological polar surface area (TPSA) is 7.94 Å². The fourth-order valence-corrected chi connectivity index (χ4v) is 5.06. The van der Waals surface area contributed by atoms with Gasteiger partial charge in [0.25, 0.3) is 0 Å². The second-order valence-corrected chi connectivity index (χ2v) is 8.27. The van der Waals surface area contributed by atoms with Crippen LogP contribution >= 0.6 is 15.9 Å². The lowest BCUT2D eigenvalue weighted by Crippen LogP contribution is -2.51. The summed E-state index contributed by atoms with van der Waals surface area (Å²) in [5.41, 5.74) is 7.09. The molecule has 6 heteroatoms. The van der Waals surface area contributed by atoms with E-state index in [1.807, 2.05) is 45.0 Å². The van der Waals surface area contributed by atoms with Crippen LogP contribution in [0.5, 0.6) is 0 Å². The maximum atomic E-state index is 15.6. The number of hydrogen-bond acceptors (Lipinski definition) is 0. The molecular formula is C20H20BBrF2N2. The Labute approximate surface area is 160 Å². The number of nitrogens with zero attached hydrogens (tertiary/aromatic N) is 2. The highest BCUT2D eigenvalue weighted by molar-refractivity contribution is 9.10. The number of allylic oxidation sites excluding steroid dienone is 2. The zero-order valence-electron chi connectivity index (χ0n) is 15.5. The van der Waals surface area contributed by atoms with Gasteiger partial charge in [0.15, 0.2) is 5.70 Å². The summed E-state index contributed by atoms with van der Waals surface area (Å²) >= 11 is 3.56. The Hall–Kier alpha value is -1.95. The summed E-state index contributed by atoms with van der Waals surface area (Å²) in [7, 11) is 0. The predicted octanol–water partition coefficient (Wildman–Crippen LogP) is 5.60. The monoisotopic (exact) mass is 416 g/mol. The molecule has 0 amide bonds. The molecule has 1 aromatic heterocycles. The normalized spacial score (nSPS) is 18.2. The van der Waals surface area contributed by atoms with Crippen LogP contribution < -0.4 is 0 Å². The minimum Gasteiger partial charge on any atom is -0.393 e. The Morgan fingerprint density at radius 3 is 2.35 bits per heavy atom. The van der Waals surface area contributed by atoms with E-state index in [1.165, 1.54) is 8.96 Å². The molecule has 2 aromatic rings. The van der Waals surface area contributed by atoms with Gasteiger partial charge in [-0.2, -0.15) is 0 Å². The smallest absolute Gasteiger partial charge is 0.393 e. The minimum atomic E-state index is -3.92. The molecule has 0 atom stereocenters. The van der Waals surface area contributed by atoms with E-state index in [-0.39, 0.29) is 0 Å². The third-order valence-corrected chi connectivity index (χ3v) is 5.72. The number of aromatic nitrogens is 1. The van der Waals surface area contributed by atoms with Crippen molar-refractivity contribution in [3.05, 3.63) is 74.2 Å². The molecule has 0 unspecified atom stereocenters. The third-order valence-electron chi connectivity index (χ3n) is 5.27. The van der Waals surface area contributed by atoms with E-state index in [9.17, 15) is 0 Å². The first-order valence-corrected chi connectivity index (χ1v) is 9.47. The molecule has 4 rings (SSSR count).